The quantitative estimate of drug-likeness (QED) is 0.790. The van der Waals surface area contributed by atoms with Gasteiger partial charge in [-0.1, -0.05) is 0 Å². The largest absolute Gasteiger partial charge is 0.376 e. The molecule has 1 fully saturated rings. The van der Waals surface area contributed by atoms with Crippen LogP contribution >= 0.6 is 0 Å². The summed E-state index contributed by atoms with van der Waals surface area (Å²) in [6.07, 6.45) is 3.47. The normalized spacial score (nSPS) is 21.3. The zero-order valence-corrected chi connectivity index (χ0v) is 8.77. The van der Waals surface area contributed by atoms with Crippen LogP contribution in [0.2, 0.25) is 0 Å². The summed E-state index contributed by atoms with van der Waals surface area (Å²) in [6.45, 7) is 4.64. The molecule has 1 N–H and O–H groups in total. The van der Waals surface area contributed by atoms with E-state index in [1.165, 1.54) is 0 Å². The monoisotopic (exact) mass is 209 g/mol. The van der Waals surface area contributed by atoms with Crippen LogP contribution in [-0.4, -0.2) is 42.4 Å². The molecule has 82 valence electrons. The van der Waals surface area contributed by atoms with Crippen molar-refractivity contribution >= 4 is 5.82 Å². The number of nitrogens with one attached hydrogen (secondary N) is 1. The lowest BCUT2D eigenvalue weighted by Gasteiger charge is -2.23. The molecule has 0 aromatic carbocycles. The molecule has 0 amide bonds. The van der Waals surface area contributed by atoms with E-state index in [4.69, 9.17) is 9.47 Å². The van der Waals surface area contributed by atoms with Crippen molar-refractivity contribution in [2.45, 2.75) is 13.0 Å². The lowest BCUT2D eigenvalue weighted by molar-refractivity contribution is -0.0819. The minimum Gasteiger partial charge on any atom is -0.376 e. The second kappa shape index (κ2) is 5.04. The fourth-order valence-electron chi connectivity index (χ4n) is 1.45. The highest BCUT2D eigenvalue weighted by molar-refractivity contribution is 5.38. The SMILES string of the molecule is Cc1nccnc1NCC1COCCO1. The molecule has 1 aliphatic rings. The smallest absolute Gasteiger partial charge is 0.147 e. The lowest BCUT2D eigenvalue weighted by Crippen LogP contribution is -2.34. The van der Waals surface area contributed by atoms with Crippen LogP contribution in [0.15, 0.2) is 12.4 Å². The number of hydrogen-bond acceptors (Lipinski definition) is 5. The molecule has 1 unspecified atom stereocenters. The van der Waals surface area contributed by atoms with Gasteiger partial charge in [-0.2, -0.15) is 0 Å². The highest BCUT2D eigenvalue weighted by Gasteiger charge is 2.14. The standard InChI is InChI=1S/C10H15N3O2/c1-8-10(12-3-2-11-8)13-6-9-7-14-4-5-15-9/h2-3,9H,4-7H2,1H3,(H,12,13). The maximum Gasteiger partial charge on any atom is 0.147 e. The Bertz CT molecular complexity index is 313. The Morgan fingerprint density at radius 1 is 1.40 bits per heavy atom. The minimum absolute atomic E-state index is 0.111. The van der Waals surface area contributed by atoms with Gasteiger partial charge in [0, 0.05) is 18.9 Å². The van der Waals surface area contributed by atoms with Gasteiger partial charge in [0.1, 0.15) is 5.82 Å². The zero-order chi connectivity index (χ0) is 10.5. The summed E-state index contributed by atoms with van der Waals surface area (Å²) in [6, 6.07) is 0. The van der Waals surface area contributed by atoms with Crippen molar-refractivity contribution in [1.82, 2.24) is 9.97 Å². The van der Waals surface area contributed by atoms with Crippen LogP contribution in [-0.2, 0) is 9.47 Å². The Labute approximate surface area is 88.8 Å². The van der Waals surface area contributed by atoms with Gasteiger partial charge in [-0.15, -0.1) is 0 Å². The fourth-order valence-corrected chi connectivity index (χ4v) is 1.45. The van der Waals surface area contributed by atoms with E-state index in [1.54, 1.807) is 12.4 Å². The van der Waals surface area contributed by atoms with Gasteiger partial charge in [0.2, 0.25) is 0 Å². The van der Waals surface area contributed by atoms with Crippen LogP contribution < -0.4 is 5.32 Å². The van der Waals surface area contributed by atoms with Crippen LogP contribution in [0, 0.1) is 6.92 Å². The highest BCUT2D eigenvalue weighted by Crippen LogP contribution is 2.07. The van der Waals surface area contributed by atoms with E-state index in [2.05, 4.69) is 15.3 Å². The molecule has 1 saturated heterocycles. The summed E-state index contributed by atoms with van der Waals surface area (Å²) < 4.78 is 10.8. The summed E-state index contributed by atoms with van der Waals surface area (Å²) in [4.78, 5) is 8.34. The van der Waals surface area contributed by atoms with E-state index < -0.39 is 0 Å². The molecule has 0 saturated carbocycles. The highest BCUT2D eigenvalue weighted by atomic mass is 16.6. The summed E-state index contributed by atoms with van der Waals surface area (Å²) in [7, 11) is 0. The van der Waals surface area contributed by atoms with E-state index in [1.807, 2.05) is 6.92 Å². The molecular formula is C10H15N3O2. The van der Waals surface area contributed by atoms with Gasteiger partial charge in [-0.25, -0.2) is 4.98 Å². The molecule has 1 atom stereocenters. The molecule has 0 bridgehead atoms. The third kappa shape index (κ3) is 2.87. The molecule has 15 heavy (non-hydrogen) atoms. The molecule has 0 radical (unpaired) electrons. The number of aryl methyl sites for hydroxylation is 1. The summed E-state index contributed by atoms with van der Waals surface area (Å²) in [5, 5.41) is 3.20. The van der Waals surface area contributed by atoms with Crippen molar-refractivity contribution in [3.63, 3.8) is 0 Å². The number of hydrogen-bond donors (Lipinski definition) is 1. The lowest BCUT2D eigenvalue weighted by atomic mass is 10.3. The maximum atomic E-state index is 5.50. The van der Waals surface area contributed by atoms with Gasteiger partial charge in [0.25, 0.3) is 0 Å². The molecular weight excluding hydrogens is 194 g/mol. The first-order chi connectivity index (χ1) is 7.36. The van der Waals surface area contributed by atoms with Gasteiger partial charge in [-0.05, 0) is 6.92 Å². The molecule has 1 aliphatic heterocycles. The average molecular weight is 209 g/mol. The average Bonchev–Trinajstić information content (AvgIpc) is 2.29. The zero-order valence-electron chi connectivity index (χ0n) is 8.77. The Hall–Kier alpha value is -1.20. The Morgan fingerprint density at radius 2 is 2.27 bits per heavy atom. The van der Waals surface area contributed by atoms with Crippen LogP contribution in [0.5, 0.6) is 0 Å². The minimum atomic E-state index is 0.111. The molecule has 2 rings (SSSR count). The summed E-state index contributed by atoms with van der Waals surface area (Å²) >= 11 is 0. The van der Waals surface area contributed by atoms with E-state index in [0.29, 0.717) is 26.4 Å². The van der Waals surface area contributed by atoms with E-state index in [0.717, 1.165) is 11.5 Å². The van der Waals surface area contributed by atoms with Gasteiger partial charge in [0.05, 0.1) is 31.6 Å². The van der Waals surface area contributed by atoms with Gasteiger partial charge in [-0.3, -0.25) is 4.98 Å². The van der Waals surface area contributed by atoms with Crippen LogP contribution in [0.4, 0.5) is 5.82 Å². The number of nitrogens with zero attached hydrogens (tertiary/aromatic N) is 2. The molecule has 5 nitrogen and oxygen atoms in total. The van der Waals surface area contributed by atoms with Gasteiger partial charge in [0.15, 0.2) is 0 Å². The second-order valence-electron chi connectivity index (χ2n) is 3.44. The Balaban J connectivity index is 1.84. The number of anilines is 1. The molecule has 2 heterocycles. The Kier molecular flexibility index (Phi) is 3.47. The maximum absolute atomic E-state index is 5.50. The third-order valence-electron chi connectivity index (χ3n) is 2.26. The van der Waals surface area contributed by atoms with Crippen molar-refractivity contribution in [1.29, 1.82) is 0 Å². The van der Waals surface area contributed by atoms with Gasteiger partial charge < -0.3 is 14.8 Å². The fraction of sp³-hybridized carbons (Fsp3) is 0.600. The molecule has 5 heteroatoms. The number of ether oxygens (including phenoxy) is 2. The van der Waals surface area contributed by atoms with Gasteiger partial charge >= 0.3 is 0 Å². The predicted molar refractivity (Wildman–Crippen MR) is 55.8 cm³/mol. The summed E-state index contributed by atoms with van der Waals surface area (Å²) in [5.41, 5.74) is 0.897. The van der Waals surface area contributed by atoms with Crippen LogP contribution in [0.25, 0.3) is 0 Å². The predicted octanol–water partition coefficient (Wildman–Crippen LogP) is 0.612. The first kappa shape index (κ1) is 10.3. The van der Waals surface area contributed by atoms with E-state index >= 15 is 0 Å². The Morgan fingerprint density at radius 3 is 3.00 bits per heavy atom. The number of rotatable bonds is 3. The van der Waals surface area contributed by atoms with Crippen molar-refractivity contribution in [3.05, 3.63) is 18.1 Å². The third-order valence-corrected chi connectivity index (χ3v) is 2.26. The first-order valence-electron chi connectivity index (χ1n) is 5.07. The van der Waals surface area contributed by atoms with Crippen LogP contribution in [0.3, 0.4) is 0 Å². The van der Waals surface area contributed by atoms with E-state index in [9.17, 15) is 0 Å². The van der Waals surface area contributed by atoms with Crippen molar-refractivity contribution in [2.24, 2.45) is 0 Å². The topological polar surface area (TPSA) is 56.3 Å². The van der Waals surface area contributed by atoms with E-state index in [-0.39, 0.29) is 6.10 Å². The molecule has 1 aromatic rings. The summed E-state index contributed by atoms with van der Waals surface area (Å²) in [5.74, 6) is 0.812. The van der Waals surface area contributed by atoms with Crippen molar-refractivity contribution < 1.29 is 9.47 Å². The second-order valence-corrected chi connectivity index (χ2v) is 3.44. The molecule has 1 aromatic heterocycles. The molecule has 0 spiro atoms. The van der Waals surface area contributed by atoms with Crippen molar-refractivity contribution in [3.8, 4) is 0 Å². The first-order valence-corrected chi connectivity index (χ1v) is 5.07. The van der Waals surface area contributed by atoms with Crippen molar-refractivity contribution in [2.75, 3.05) is 31.7 Å². The van der Waals surface area contributed by atoms with Crippen LogP contribution in [0.1, 0.15) is 5.69 Å². The molecule has 0 aliphatic carbocycles. The number of aromatic nitrogens is 2.